The van der Waals surface area contributed by atoms with Crippen molar-refractivity contribution in [2.75, 3.05) is 19.7 Å². The molecule has 2 bridgehead atoms. The molecule has 0 spiro atoms. The largest absolute Gasteiger partial charge is 0.493 e. The molecule has 5 rings (SSSR count). The van der Waals surface area contributed by atoms with Gasteiger partial charge in [0.2, 0.25) is 5.91 Å². The fourth-order valence-corrected chi connectivity index (χ4v) is 4.73. The van der Waals surface area contributed by atoms with Crippen LogP contribution in [0.2, 0.25) is 0 Å². The molecular formula is C21H22N2O3. The Morgan fingerprint density at radius 2 is 2.00 bits per heavy atom. The van der Waals surface area contributed by atoms with Crippen LogP contribution in [0.5, 0.6) is 5.75 Å². The van der Waals surface area contributed by atoms with Gasteiger partial charge in [0, 0.05) is 50.7 Å². The zero-order valence-corrected chi connectivity index (χ0v) is 14.9. The molecule has 1 saturated heterocycles. The number of piperidine rings is 1. The lowest BCUT2D eigenvalue weighted by molar-refractivity contribution is -0.131. The van der Waals surface area contributed by atoms with Gasteiger partial charge in [-0.25, -0.2) is 0 Å². The van der Waals surface area contributed by atoms with Crippen molar-refractivity contribution in [2.24, 2.45) is 5.92 Å². The lowest BCUT2D eigenvalue weighted by atomic mass is 9.82. The molecule has 0 radical (unpaired) electrons. The van der Waals surface area contributed by atoms with E-state index in [9.17, 15) is 9.59 Å². The number of aromatic nitrogens is 1. The first-order chi connectivity index (χ1) is 12.6. The minimum absolute atomic E-state index is 0.0601. The van der Waals surface area contributed by atoms with Gasteiger partial charge in [-0.05, 0) is 41.2 Å². The molecule has 134 valence electrons. The van der Waals surface area contributed by atoms with Gasteiger partial charge < -0.3 is 14.2 Å². The third-order valence-corrected chi connectivity index (χ3v) is 6.03. The minimum Gasteiger partial charge on any atom is -0.493 e. The number of ether oxygens (including phenoxy) is 1. The Bertz CT molecular complexity index is 962. The SMILES string of the molecule is CC(=O)N1C[C@@H]2C[C@H](C1)c1cc(-c3ccc4c(c3)OCC4)cc(=O)n1C2. The Morgan fingerprint density at radius 3 is 2.85 bits per heavy atom. The van der Waals surface area contributed by atoms with Gasteiger partial charge in [-0.15, -0.1) is 0 Å². The Morgan fingerprint density at radius 1 is 1.12 bits per heavy atom. The van der Waals surface area contributed by atoms with Crippen molar-refractivity contribution >= 4 is 5.91 Å². The van der Waals surface area contributed by atoms with E-state index in [0.717, 1.165) is 48.6 Å². The topological polar surface area (TPSA) is 51.5 Å². The normalized spacial score (nSPS) is 23.2. The van der Waals surface area contributed by atoms with Gasteiger partial charge in [-0.2, -0.15) is 0 Å². The van der Waals surface area contributed by atoms with Crippen molar-refractivity contribution in [3.05, 3.63) is 51.9 Å². The van der Waals surface area contributed by atoms with Gasteiger partial charge in [-0.3, -0.25) is 9.59 Å². The minimum atomic E-state index is 0.0601. The Balaban J connectivity index is 1.57. The predicted octanol–water partition coefficient (Wildman–Crippen LogP) is 2.42. The van der Waals surface area contributed by atoms with Crippen LogP contribution in [0.1, 0.15) is 30.5 Å². The summed E-state index contributed by atoms with van der Waals surface area (Å²) in [6, 6.07) is 10.1. The molecule has 2 atom stereocenters. The van der Waals surface area contributed by atoms with Crippen LogP contribution in [-0.2, 0) is 17.8 Å². The molecule has 4 heterocycles. The van der Waals surface area contributed by atoms with Crippen molar-refractivity contribution in [3.63, 3.8) is 0 Å². The molecule has 1 aromatic carbocycles. The van der Waals surface area contributed by atoms with Gasteiger partial charge >= 0.3 is 0 Å². The van der Waals surface area contributed by atoms with Crippen LogP contribution in [0.3, 0.4) is 0 Å². The first kappa shape index (κ1) is 15.7. The average Bonchev–Trinajstić information content (AvgIpc) is 3.10. The van der Waals surface area contributed by atoms with Crippen molar-refractivity contribution in [1.29, 1.82) is 0 Å². The second-order valence-electron chi connectivity index (χ2n) is 7.76. The fourth-order valence-electron chi connectivity index (χ4n) is 4.73. The predicted molar refractivity (Wildman–Crippen MR) is 98.4 cm³/mol. The molecule has 1 fully saturated rings. The first-order valence-electron chi connectivity index (χ1n) is 9.35. The first-order valence-corrected chi connectivity index (χ1v) is 9.35. The highest BCUT2D eigenvalue weighted by Gasteiger charge is 2.35. The Hall–Kier alpha value is -2.56. The summed E-state index contributed by atoms with van der Waals surface area (Å²) in [6.07, 6.45) is 2.01. The lowest BCUT2D eigenvalue weighted by Gasteiger charge is -2.42. The van der Waals surface area contributed by atoms with Gasteiger partial charge in [0.05, 0.1) is 6.61 Å². The number of nitrogens with zero attached hydrogens (tertiary/aromatic N) is 2. The van der Waals surface area contributed by atoms with E-state index in [-0.39, 0.29) is 17.4 Å². The van der Waals surface area contributed by atoms with Crippen molar-refractivity contribution in [3.8, 4) is 16.9 Å². The van der Waals surface area contributed by atoms with Gasteiger partial charge in [0.15, 0.2) is 0 Å². The van der Waals surface area contributed by atoms with E-state index in [1.807, 2.05) is 15.5 Å². The Kier molecular flexibility index (Phi) is 3.45. The number of benzene rings is 1. The van der Waals surface area contributed by atoms with Crippen LogP contribution in [0.25, 0.3) is 11.1 Å². The zero-order chi connectivity index (χ0) is 17.8. The zero-order valence-electron chi connectivity index (χ0n) is 14.9. The van der Waals surface area contributed by atoms with Gasteiger partial charge in [0.1, 0.15) is 5.75 Å². The molecule has 3 aliphatic heterocycles. The highest BCUT2D eigenvalue weighted by molar-refractivity contribution is 5.73. The third-order valence-electron chi connectivity index (χ3n) is 6.03. The molecule has 2 aromatic rings. The summed E-state index contributed by atoms with van der Waals surface area (Å²) in [7, 11) is 0. The molecule has 0 unspecified atom stereocenters. The van der Waals surface area contributed by atoms with Crippen molar-refractivity contribution < 1.29 is 9.53 Å². The second-order valence-corrected chi connectivity index (χ2v) is 7.76. The molecule has 5 heteroatoms. The van der Waals surface area contributed by atoms with Crippen LogP contribution in [0.15, 0.2) is 35.1 Å². The highest BCUT2D eigenvalue weighted by Crippen LogP contribution is 2.37. The maximum Gasteiger partial charge on any atom is 0.251 e. The number of hydrogen-bond donors (Lipinski definition) is 0. The van der Waals surface area contributed by atoms with Crippen LogP contribution < -0.4 is 10.3 Å². The standard InChI is InChI=1S/C21H22N2O3/c1-13(24)22-10-14-6-18(12-22)19-7-17(9-21(25)23(19)11-14)16-3-2-15-4-5-26-20(15)8-16/h2-3,7-9,14,18H,4-6,10-12H2,1H3/t14-,18+/m0/s1. The number of hydrogen-bond acceptors (Lipinski definition) is 3. The van der Waals surface area contributed by atoms with E-state index in [4.69, 9.17) is 4.74 Å². The molecule has 1 aromatic heterocycles. The molecule has 1 amide bonds. The van der Waals surface area contributed by atoms with E-state index in [1.54, 1.807) is 13.0 Å². The summed E-state index contributed by atoms with van der Waals surface area (Å²) in [6.45, 7) is 4.55. The lowest BCUT2D eigenvalue weighted by Crippen LogP contribution is -2.48. The number of likely N-dealkylation sites (tertiary alicyclic amines) is 1. The van der Waals surface area contributed by atoms with Crippen LogP contribution >= 0.6 is 0 Å². The highest BCUT2D eigenvalue weighted by atomic mass is 16.5. The van der Waals surface area contributed by atoms with Crippen LogP contribution in [0.4, 0.5) is 0 Å². The summed E-state index contributed by atoms with van der Waals surface area (Å²) in [5, 5.41) is 0. The van der Waals surface area contributed by atoms with Crippen molar-refractivity contribution in [1.82, 2.24) is 9.47 Å². The number of carbonyl (C=O) groups is 1. The molecular weight excluding hydrogens is 328 g/mol. The maximum atomic E-state index is 12.8. The van der Waals surface area contributed by atoms with E-state index in [0.29, 0.717) is 19.0 Å². The van der Waals surface area contributed by atoms with Crippen LogP contribution in [-0.4, -0.2) is 35.1 Å². The van der Waals surface area contributed by atoms with E-state index >= 15 is 0 Å². The summed E-state index contributed by atoms with van der Waals surface area (Å²) in [5.41, 5.74) is 4.32. The maximum absolute atomic E-state index is 12.8. The molecule has 0 aliphatic carbocycles. The van der Waals surface area contributed by atoms with Crippen LogP contribution in [0, 0.1) is 5.92 Å². The monoisotopic (exact) mass is 350 g/mol. The fraction of sp³-hybridized carbons (Fsp3) is 0.429. The summed E-state index contributed by atoms with van der Waals surface area (Å²) >= 11 is 0. The summed E-state index contributed by atoms with van der Waals surface area (Å²) in [5.74, 6) is 1.68. The van der Waals surface area contributed by atoms with Gasteiger partial charge in [0.25, 0.3) is 5.56 Å². The summed E-state index contributed by atoms with van der Waals surface area (Å²) < 4.78 is 7.60. The van der Waals surface area contributed by atoms with Crippen molar-refractivity contribution in [2.45, 2.75) is 32.2 Å². The third kappa shape index (κ3) is 2.45. The molecule has 3 aliphatic rings. The number of carbonyl (C=O) groups excluding carboxylic acids is 1. The Labute approximate surface area is 152 Å². The summed E-state index contributed by atoms with van der Waals surface area (Å²) in [4.78, 5) is 26.6. The smallest absolute Gasteiger partial charge is 0.251 e. The average molecular weight is 350 g/mol. The number of amides is 1. The van der Waals surface area contributed by atoms with E-state index < -0.39 is 0 Å². The number of pyridine rings is 1. The number of fused-ring (bicyclic) bond motifs is 5. The van der Waals surface area contributed by atoms with E-state index in [2.05, 4.69) is 18.2 Å². The molecule has 0 N–H and O–H groups in total. The van der Waals surface area contributed by atoms with Gasteiger partial charge in [-0.1, -0.05) is 12.1 Å². The molecule has 26 heavy (non-hydrogen) atoms. The molecule has 5 nitrogen and oxygen atoms in total. The van der Waals surface area contributed by atoms with E-state index in [1.165, 1.54) is 5.56 Å². The second kappa shape index (κ2) is 5.73. The molecule has 0 saturated carbocycles. The number of rotatable bonds is 1. The quantitative estimate of drug-likeness (QED) is 0.794.